The van der Waals surface area contributed by atoms with Crippen LogP contribution in [0.5, 0.6) is 0 Å². The second-order valence-corrected chi connectivity index (χ2v) is 5.32. The van der Waals surface area contributed by atoms with E-state index in [1.807, 2.05) is 36.1 Å². The third kappa shape index (κ3) is 5.61. The SMILES string of the molecule is CCCN(Cc1cccc(N)c1)C(=O)CC(C)COC. The maximum absolute atomic E-state index is 12.3. The van der Waals surface area contributed by atoms with Gasteiger partial charge in [-0.25, -0.2) is 0 Å². The van der Waals surface area contributed by atoms with Crippen LogP contribution in [0.1, 0.15) is 32.3 Å². The molecule has 4 nitrogen and oxygen atoms in total. The lowest BCUT2D eigenvalue weighted by molar-refractivity contribution is -0.133. The van der Waals surface area contributed by atoms with Crippen LogP contribution in [0.25, 0.3) is 0 Å². The number of ether oxygens (including phenoxy) is 1. The van der Waals surface area contributed by atoms with Gasteiger partial charge in [0.15, 0.2) is 0 Å². The number of benzene rings is 1. The van der Waals surface area contributed by atoms with E-state index >= 15 is 0 Å². The first-order chi connectivity index (χ1) is 9.56. The molecule has 1 rings (SSSR count). The summed E-state index contributed by atoms with van der Waals surface area (Å²) in [5.74, 6) is 0.423. The number of carbonyl (C=O) groups excluding carboxylic acids is 1. The molecule has 0 aliphatic carbocycles. The van der Waals surface area contributed by atoms with Crippen LogP contribution in [0.3, 0.4) is 0 Å². The second-order valence-electron chi connectivity index (χ2n) is 5.32. The summed E-state index contributed by atoms with van der Waals surface area (Å²) in [5, 5.41) is 0. The largest absolute Gasteiger partial charge is 0.399 e. The molecule has 0 aromatic heterocycles. The molecule has 2 N–H and O–H groups in total. The average Bonchev–Trinajstić information content (AvgIpc) is 2.38. The highest BCUT2D eigenvalue weighted by molar-refractivity contribution is 5.76. The third-order valence-corrected chi connectivity index (χ3v) is 3.14. The summed E-state index contributed by atoms with van der Waals surface area (Å²) < 4.78 is 5.09. The summed E-state index contributed by atoms with van der Waals surface area (Å²) >= 11 is 0. The van der Waals surface area contributed by atoms with Crippen LogP contribution in [-0.2, 0) is 16.1 Å². The number of carbonyl (C=O) groups is 1. The molecule has 1 atom stereocenters. The molecule has 0 bridgehead atoms. The molecular formula is C16H26N2O2. The molecule has 0 radical (unpaired) electrons. The van der Waals surface area contributed by atoms with Crippen molar-refractivity contribution >= 4 is 11.6 Å². The summed E-state index contributed by atoms with van der Waals surface area (Å²) in [5.41, 5.74) is 7.60. The highest BCUT2D eigenvalue weighted by Gasteiger charge is 2.16. The Hall–Kier alpha value is -1.55. The van der Waals surface area contributed by atoms with Gasteiger partial charge in [0, 0.05) is 38.9 Å². The van der Waals surface area contributed by atoms with Crippen molar-refractivity contribution in [1.29, 1.82) is 0 Å². The van der Waals surface area contributed by atoms with Crippen molar-refractivity contribution in [3.05, 3.63) is 29.8 Å². The minimum absolute atomic E-state index is 0.179. The molecule has 0 saturated carbocycles. The molecule has 1 amide bonds. The first kappa shape index (κ1) is 16.5. The smallest absolute Gasteiger partial charge is 0.223 e. The minimum Gasteiger partial charge on any atom is -0.399 e. The van der Waals surface area contributed by atoms with Crippen LogP contribution >= 0.6 is 0 Å². The summed E-state index contributed by atoms with van der Waals surface area (Å²) in [6.07, 6.45) is 1.48. The number of anilines is 1. The molecule has 0 aliphatic heterocycles. The molecule has 0 fully saturated rings. The van der Waals surface area contributed by atoms with Gasteiger partial charge in [0.1, 0.15) is 0 Å². The standard InChI is InChI=1S/C16H26N2O2/c1-4-8-18(16(19)9-13(2)12-20-3)11-14-6-5-7-15(17)10-14/h5-7,10,13H,4,8-9,11-12,17H2,1-3H3. The Balaban J connectivity index is 2.65. The van der Waals surface area contributed by atoms with Gasteiger partial charge >= 0.3 is 0 Å². The van der Waals surface area contributed by atoms with Gasteiger partial charge in [0.05, 0.1) is 0 Å². The van der Waals surface area contributed by atoms with Gasteiger partial charge in [-0.3, -0.25) is 4.79 Å². The molecular weight excluding hydrogens is 252 g/mol. The summed E-state index contributed by atoms with van der Waals surface area (Å²) in [4.78, 5) is 14.3. The lowest BCUT2D eigenvalue weighted by Gasteiger charge is -2.24. The van der Waals surface area contributed by atoms with Crippen molar-refractivity contribution in [3.63, 3.8) is 0 Å². The zero-order chi connectivity index (χ0) is 15.0. The number of methoxy groups -OCH3 is 1. The fourth-order valence-electron chi connectivity index (χ4n) is 2.24. The van der Waals surface area contributed by atoms with Gasteiger partial charge < -0.3 is 15.4 Å². The molecule has 0 saturated heterocycles. The van der Waals surface area contributed by atoms with Gasteiger partial charge in [0.25, 0.3) is 0 Å². The van der Waals surface area contributed by atoms with Crippen molar-refractivity contribution in [2.24, 2.45) is 5.92 Å². The molecule has 0 heterocycles. The van der Waals surface area contributed by atoms with Crippen LogP contribution in [0.4, 0.5) is 5.69 Å². The van der Waals surface area contributed by atoms with Crippen LogP contribution in [0.15, 0.2) is 24.3 Å². The number of nitrogen functional groups attached to an aromatic ring is 1. The zero-order valence-electron chi connectivity index (χ0n) is 12.8. The fraction of sp³-hybridized carbons (Fsp3) is 0.562. The number of hydrogen-bond acceptors (Lipinski definition) is 3. The lowest BCUT2D eigenvalue weighted by Crippen LogP contribution is -2.32. The number of nitrogens with zero attached hydrogens (tertiary/aromatic N) is 1. The topological polar surface area (TPSA) is 55.6 Å². The predicted molar refractivity (Wildman–Crippen MR) is 82.2 cm³/mol. The first-order valence-corrected chi connectivity index (χ1v) is 7.18. The van der Waals surface area contributed by atoms with Gasteiger partial charge in [-0.2, -0.15) is 0 Å². The van der Waals surface area contributed by atoms with E-state index in [0.717, 1.165) is 24.2 Å². The van der Waals surface area contributed by atoms with E-state index in [1.54, 1.807) is 7.11 Å². The summed E-state index contributed by atoms with van der Waals surface area (Å²) in [7, 11) is 1.66. The van der Waals surface area contributed by atoms with Crippen molar-refractivity contribution in [2.75, 3.05) is 26.0 Å². The Kier molecular flexibility index (Phi) is 7.09. The number of nitrogens with two attached hydrogens (primary N) is 1. The molecule has 0 spiro atoms. The number of hydrogen-bond donors (Lipinski definition) is 1. The predicted octanol–water partition coefficient (Wildman–Crippen LogP) is 2.68. The molecule has 1 aromatic rings. The Morgan fingerprint density at radius 2 is 2.20 bits per heavy atom. The Morgan fingerprint density at radius 1 is 1.45 bits per heavy atom. The highest BCUT2D eigenvalue weighted by Crippen LogP contribution is 2.13. The maximum Gasteiger partial charge on any atom is 0.223 e. The zero-order valence-corrected chi connectivity index (χ0v) is 12.8. The normalized spacial score (nSPS) is 12.2. The van der Waals surface area contributed by atoms with Crippen LogP contribution in [0.2, 0.25) is 0 Å². The Morgan fingerprint density at radius 3 is 2.80 bits per heavy atom. The highest BCUT2D eigenvalue weighted by atomic mass is 16.5. The van der Waals surface area contributed by atoms with Crippen molar-refractivity contribution < 1.29 is 9.53 Å². The quantitative estimate of drug-likeness (QED) is 0.744. The molecule has 4 heteroatoms. The van der Waals surface area contributed by atoms with Crippen LogP contribution in [0, 0.1) is 5.92 Å². The third-order valence-electron chi connectivity index (χ3n) is 3.14. The van der Waals surface area contributed by atoms with E-state index in [0.29, 0.717) is 19.6 Å². The first-order valence-electron chi connectivity index (χ1n) is 7.18. The lowest BCUT2D eigenvalue weighted by atomic mass is 10.1. The maximum atomic E-state index is 12.3. The Labute approximate surface area is 121 Å². The van der Waals surface area contributed by atoms with Gasteiger partial charge in [0.2, 0.25) is 5.91 Å². The second kappa shape index (κ2) is 8.59. The molecule has 1 unspecified atom stereocenters. The van der Waals surface area contributed by atoms with Crippen molar-refractivity contribution in [2.45, 2.75) is 33.2 Å². The van der Waals surface area contributed by atoms with E-state index in [-0.39, 0.29) is 11.8 Å². The van der Waals surface area contributed by atoms with Crippen molar-refractivity contribution in [3.8, 4) is 0 Å². The molecule has 112 valence electrons. The van der Waals surface area contributed by atoms with Crippen molar-refractivity contribution in [1.82, 2.24) is 4.90 Å². The van der Waals surface area contributed by atoms with Gasteiger partial charge in [-0.05, 0) is 30.0 Å². The van der Waals surface area contributed by atoms with Gasteiger partial charge in [-0.1, -0.05) is 26.0 Å². The van der Waals surface area contributed by atoms with E-state index in [1.165, 1.54) is 0 Å². The Bertz CT molecular complexity index is 421. The number of rotatable bonds is 8. The van der Waals surface area contributed by atoms with E-state index in [4.69, 9.17) is 10.5 Å². The van der Waals surface area contributed by atoms with E-state index in [2.05, 4.69) is 6.92 Å². The van der Waals surface area contributed by atoms with E-state index in [9.17, 15) is 4.79 Å². The van der Waals surface area contributed by atoms with Gasteiger partial charge in [-0.15, -0.1) is 0 Å². The minimum atomic E-state index is 0.179. The fourth-order valence-corrected chi connectivity index (χ4v) is 2.24. The monoisotopic (exact) mass is 278 g/mol. The summed E-state index contributed by atoms with van der Waals surface area (Å²) in [6.45, 7) is 6.12. The summed E-state index contributed by atoms with van der Waals surface area (Å²) in [6, 6.07) is 7.71. The van der Waals surface area contributed by atoms with Crippen LogP contribution < -0.4 is 5.73 Å². The van der Waals surface area contributed by atoms with E-state index < -0.39 is 0 Å². The molecule has 1 aromatic carbocycles. The molecule has 20 heavy (non-hydrogen) atoms. The molecule has 0 aliphatic rings. The van der Waals surface area contributed by atoms with Crippen LogP contribution in [-0.4, -0.2) is 31.1 Å². The number of amides is 1. The average molecular weight is 278 g/mol.